The summed E-state index contributed by atoms with van der Waals surface area (Å²) < 4.78 is 0. The highest BCUT2D eigenvalue weighted by Gasteiger charge is 2.32. The van der Waals surface area contributed by atoms with Gasteiger partial charge in [-0.3, -0.25) is 4.79 Å². The van der Waals surface area contributed by atoms with Crippen LogP contribution >= 0.6 is 0 Å². The molecule has 3 nitrogen and oxygen atoms in total. The van der Waals surface area contributed by atoms with Crippen LogP contribution in [-0.4, -0.2) is 16.6 Å². The molecule has 0 saturated carbocycles. The van der Waals surface area contributed by atoms with E-state index >= 15 is 0 Å². The van der Waals surface area contributed by atoms with E-state index in [0.29, 0.717) is 6.42 Å². The Hall–Kier alpha value is -1.35. The van der Waals surface area contributed by atoms with Gasteiger partial charge in [-0.05, 0) is 30.4 Å². The molecule has 0 radical (unpaired) electrons. The summed E-state index contributed by atoms with van der Waals surface area (Å²) >= 11 is 0. The number of aliphatic carboxylic acids is 1. The van der Waals surface area contributed by atoms with E-state index < -0.39 is 11.5 Å². The molecule has 0 fully saturated rings. The van der Waals surface area contributed by atoms with E-state index in [1.165, 1.54) is 11.1 Å². The van der Waals surface area contributed by atoms with Crippen LogP contribution in [0.3, 0.4) is 0 Å². The molecule has 1 aromatic carbocycles. The van der Waals surface area contributed by atoms with Crippen LogP contribution in [0, 0.1) is 0 Å². The zero-order valence-electron chi connectivity index (χ0n) is 8.57. The third kappa shape index (κ3) is 2.18. The van der Waals surface area contributed by atoms with E-state index in [9.17, 15) is 4.79 Å². The molecule has 80 valence electrons. The van der Waals surface area contributed by atoms with Gasteiger partial charge in [-0.15, -0.1) is 0 Å². The molecule has 0 spiro atoms. The third-order valence-electron chi connectivity index (χ3n) is 3.06. The predicted molar refractivity (Wildman–Crippen MR) is 57.6 cm³/mol. The van der Waals surface area contributed by atoms with E-state index in [2.05, 4.69) is 6.07 Å². The lowest BCUT2D eigenvalue weighted by Crippen LogP contribution is -2.46. The Labute approximate surface area is 88.9 Å². The standard InChI is InChI=1S/C12H15NO2/c13-12(8-11(14)15)6-5-9-3-1-2-4-10(9)7-12/h1-4H,5-8,13H2,(H,14,15)/t12-/m1/s1. The molecule has 0 aromatic heterocycles. The van der Waals surface area contributed by atoms with Crippen LogP contribution in [0.15, 0.2) is 24.3 Å². The fourth-order valence-electron chi connectivity index (χ4n) is 2.28. The van der Waals surface area contributed by atoms with Crippen LogP contribution < -0.4 is 5.73 Å². The topological polar surface area (TPSA) is 63.3 Å². The zero-order chi connectivity index (χ0) is 10.9. The first-order chi connectivity index (χ1) is 7.09. The minimum atomic E-state index is -0.808. The SMILES string of the molecule is N[C@]1(CC(=O)O)CCc2ccccc2C1. The molecule has 0 bridgehead atoms. The second-order valence-electron chi connectivity index (χ2n) is 4.38. The van der Waals surface area contributed by atoms with Crippen LogP contribution in [0.1, 0.15) is 24.0 Å². The van der Waals surface area contributed by atoms with E-state index in [1.807, 2.05) is 18.2 Å². The molecular weight excluding hydrogens is 190 g/mol. The van der Waals surface area contributed by atoms with Crippen molar-refractivity contribution in [3.05, 3.63) is 35.4 Å². The van der Waals surface area contributed by atoms with E-state index in [-0.39, 0.29) is 6.42 Å². The Kier molecular flexibility index (Phi) is 2.49. The van der Waals surface area contributed by atoms with Gasteiger partial charge in [0.2, 0.25) is 0 Å². The maximum Gasteiger partial charge on any atom is 0.305 e. The first-order valence-corrected chi connectivity index (χ1v) is 5.17. The van der Waals surface area contributed by atoms with Crippen LogP contribution in [-0.2, 0) is 17.6 Å². The molecule has 2 rings (SSSR count). The Morgan fingerprint density at radius 2 is 2.07 bits per heavy atom. The fraction of sp³-hybridized carbons (Fsp3) is 0.417. The monoisotopic (exact) mass is 205 g/mol. The van der Waals surface area contributed by atoms with Gasteiger partial charge in [0.15, 0.2) is 0 Å². The van der Waals surface area contributed by atoms with Gasteiger partial charge < -0.3 is 10.8 Å². The van der Waals surface area contributed by atoms with Gasteiger partial charge in [-0.1, -0.05) is 24.3 Å². The number of hydrogen-bond acceptors (Lipinski definition) is 2. The lowest BCUT2D eigenvalue weighted by Gasteiger charge is -2.33. The normalized spacial score (nSPS) is 24.6. The minimum Gasteiger partial charge on any atom is -0.481 e. The number of carbonyl (C=O) groups is 1. The van der Waals surface area contributed by atoms with Crippen molar-refractivity contribution in [3.63, 3.8) is 0 Å². The zero-order valence-corrected chi connectivity index (χ0v) is 8.57. The Morgan fingerprint density at radius 1 is 1.40 bits per heavy atom. The van der Waals surface area contributed by atoms with Gasteiger partial charge in [0, 0.05) is 5.54 Å². The summed E-state index contributed by atoms with van der Waals surface area (Å²) in [5.74, 6) is -0.808. The minimum absolute atomic E-state index is 0.0569. The number of benzene rings is 1. The summed E-state index contributed by atoms with van der Waals surface area (Å²) in [6.07, 6.45) is 2.38. The van der Waals surface area contributed by atoms with Crippen LogP contribution in [0.2, 0.25) is 0 Å². The molecule has 15 heavy (non-hydrogen) atoms. The van der Waals surface area contributed by atoms with E-state index in [1.54, 1.807) is 0 Å². The van der Waals surface area contributed by atoms with Gasteiger partial charge in [0.25, 0.3) is 0 Å². The maximum atomic E-state index is 10.7. The van der Waals surface area contributed by atoms with Crippen molar-refractivity contribution in [2.75, 3.05) is 0 Å². The van der Waals surface area contributed by atoms with Crippen molar-refractivity contribution in [1.82, 2.24) is 0 Å². The highest BCUT2D eigenvalue weighted by molar-refractivity contribution is 5.68. The fourth-order valence-corrected chi connectivity index (χ4v) is 2.28. The summed E-state index contributed by atoms with van der Waals surface area (Å²) in [6.45, 7) is 0. The van der Waals surface area contributed by atoms with Gasteiger partial charge in [-0.25, -0.2) is 0 Å². The van der Waals surface area contributed by atoms with Crippen LogP contribution in [0.5, 0.6) is 0 Å². The molecule has 1 atom stereocenters. The quantitative estimate of drug-likeness (QED) is 0.766. The van der Waals surface area contributed by atoms with Crippen molar-refractivity contribution in [2.45, 2.75) is 31.2 Å². The Morgan fingerprint density at radius 3 is 2.73 bits per heavy atom. The molecule has 1 aromatic rings. The highest BCUT2D eigenvalue weighted by atomic mass is 16.4. The number of carboxylic acid groups (broad SMARTS) is 1. The molecular formula is C12H15NO2. The summed E-state index contributed by atoms with van der Waals surface area (Å²) in [7, 11) is 0. The number of fused-ring (bicyclic) bond motifs is 1. The van der Waals surface area contributed by atoms with E-state index in [4.69, 9.17) is 10.8 Å². The number of hydrogen-bond donors (Lipinski definition) is 2. The molecule has 0 unspecified atom stereocenters. The molecule has 0 aliphatic heterocycles. The Bertz CT molecular complexity index is 389. The number of carboxylic acids is 1. The first kappa shape index (κ1) is 10.2. The lowest BCUT2D eigenvalue weighted by atomic mass is 9.77. The van der Waals surface area contributed by atoms with Crippen LogP contribution in [0.25, 0.3) is 0 Å². The largest absolute Gasteiger partial charge is 0.481 e. The number of nitrogens with two attached hydrogens (primary N) is 1. The van der Waals surface area contributed by atoms with Gasteiger partial charge in [0.05, 0.1) is 6.42 Å². The first-order valence-electron chi connectivity index (χ1n) is 5.17. The summed E-state index contributed by atoms with van der Waals surface area (Å²) in [6, 6.07) is 8.12. The summed E-state index contributed by atoms with van der Waals surface area (Å²) in [5, 5.41) is 8.80. The van der Waals surface area contributed by atoms with Gasteiger partial charge >= 0.3 is 5.97 Å². The van der Waals surface area contributed by atoms with Crippen molar-refractivity contribution in [1.29, 1.82) is 0 Å². The molecule has 0 heterocycles. The molecule has 3 heteroatoms. The lowest BCUT2D eigenvalue weighted by molar-refractivity contribution is -0.138. The molecule has 1 aliphatic carbocycles. The van der Waals surface area contributed by atoms with Gasteiger partial charge in [-0.2, -0.15) is 0 Å². The van der Waals surface area contributed by atoms with Crippen molar-refractivity contribution in [3.8, 4) is 0 Å². The summed E-state index contributed by atoms with van der Waals surface area (Å²) in [5.41, 5.74) is 8.05. The van der Waals surface area contributed by atoms with Gasteiger partial charge in [0.1, 0.15) is 0 Å². The second kappa shape index (κ2) is 3.66. The molecule has 1 aliphatic rings. The third-order valence-corrected chi connectivity index (χ3v) is 3.06. The number of aryl methyl sites for hydroxylation is 1. The molecule has 0 saturated heterocycles. The predicted octanol–water partition coefficient (Wildman–Crippen LogP) is 1.35. The second-order valence-corrected chi connectivity index (χ2v) is 4.38. The van der Waals surface area contributed by atoms with Crippen molar-refractivity contribution >= 4 is 5.97 Å². The summed E-state index contributed by atoms with van der Waals surface area (Å²) in [4.78, 5) is 10.7. The number of rotatable bonds is 2. The maximum absolute atomic E-state index is 10.7. The average Bonchev–Trinajstić information content (AvgIpc) is 2.15. The Balaban J connectivity index is 2.21. The highest BCUT2D eigenvalue weighted by Crippen LogP contribution is 2.29. The van der Waals surface area contributed by atoms with Crippen LogP contribution in [0.4, 0.5) is 0 Å². The van der Waals surface area contributed by atoms with E-state index in [0.717, 1.165) is 12.8 Å². The van der Waals surface area contributed by atoms with Crippen molar-refractivity contribution < 1.29 is 9.90 Å². The van der Waals surface area contributed by atoms with Crippen molar-refractivity contribution in [2.24, 2.45) is 5.73 Å². The smallest absolute Gasteiger partial charge is 0.305 e. The molecule has 3 N–H and O–H groups in total. The average molecular weight is 205 g/mol. The molecule has 0 amide bonds.